The van der Waals surface area contributed by atoms with Gasteiger partial charge in [-0.25, -0.2) is 13.2 Å². The Morgan fingerprint density at radius 2 is 2.06 bits per heavy atom. The molecule has 53 heavy (non-hydrogen) atoms. The summed E-state index contributed by atoms with van der Waals surface area (Å²) in [4.78, 5) is 29.0. The van der Waals surface area contributed by atoms with Crippen molar-refractivity contribution in [2.24, 2.45) is 11.8 Å². The highest BCUT2D eigenvalue weighted by molar-refractivity contribution is 7.23. The van der Waals surface area contributed by atoms with Crippen LogP contribution < -0.4 is 25.4 Å². The van der Waals surface area contributed by atoms with Crippen molar-refractivity contribution >= 4 is 60.7 Å². The SMILES string of the molecule is CN1c2nc(OC[C@@]34CCCN3C[C@H](F)C4)nc3c(F)c(-c4ccc(F)c5sc(N)c(C#N)c45)c(Cl)c(c23)OCC2CN(C(=O)[C@@H]3NC3C3CC3)CC21. The number of carbonyl (C=O) groups is 1. The van der Waals surface area contributed by atoms with Gasteiger partial charge in [0.25, 0.3) is 0 Å². The second-order valence-corrected chi connectivity index (χ2v) is 16.9. The molecule has 4 saturated heterocycles. The standard InChI is InChI=1S/C37H36ClF3N8O3S/c1-47-22-13-48(35(50)30-28(44-30)16-3-4-16)11-17(22)14-51-31-25-29(45-36(46-34(25)47)52-15-37-7-2-8-49(37)12-18(39)9-37)27(41)24(26(31)38)19-5-6-21(40)32-23(19)20(10-42)33(43)53-32/h5-6,16-18,22,28,30,44H,2-4,7-9,11-15,43H2,1H3/t17?,18-,22?,28?,30-,37+/m1/s1. The van der Waals surface area contributed by atoms with Crippen molar-refractivity contribution < 1.29 is 27.4 Å². The van der Waals surface area contributed by atoms with E-state index >= 15 is 8.78 Å². The van der Waals surface area contributed by atoms with E-state index in [1.54, 1.807) is 0 Å². The van der Waals surface area contributed by atoms with Crippen LogP contribution in [-0.2, 0) is 4.79 Å². The molecule has 1 aliphatic carbocycles. The molecule has 1 saturated carbocycles. The first-order chi connectivity index (χ1) is 25.6. The van der Waals surface area contributed by atoms with Crippen LogP contribution in [0.15, 0.2) is 12.1 Å². The number of nitriles is 1. The van der Waals surface area contributed by atoms with Crippen LogP contribution in [0.5, 0.6) is 11.8 Å². The highest BCUT2D eigenvalue weighted by Crippen LogP contribution is 2.51. The molecule has 3 unspecified atom stereocenters. The van der Waals surface area contributed by atoms with Gasteiger partial charge < -0.3 is 25.0 Å². The molecule has 0 spiro atoms. The van der Waals surface area contributed by atoms with E-state index in [0.717, 1.165) is 43.6 Å². The third-order valence-corrected chi connectivity index (χ3v) is 13.8. The van der Waals surface area contributed by atoms with E-state index in [2.05, 4.69) is 15.2 Å². The van der Waals surface area contributed by atoms with E-state index in [-0.39, 0.29) is 103 Å². The fraction of sp³-hybridized carbons (Fsp3) is 0.514. The average molecular weight is 765 g/mol. The minimum Gasteiger partial charge on any atom is -0.491 e. The number of hydrogen-bond donors (Lipinski definition) is 2. The molecule has 276 valence electrons. The van der Waals surface area contributed by atoms with Crippen LogP contribution in [0.25, 0.3) is 32.1 Å². The number of benzene rings is 2. The molecule has 1 amide bonds. The zero-order valence-corrected chi connectivity index (χ0v) is 30.4. The molecular weight excluding hydrogens is 729 g/mol. The number of nitrogens with two attached hydrogens (primary N) is 1. The Morgan fingerprint density at radius 1 is 1.23 bits per heavy atom. The van der Waals surface area contributed by atoms with Crippen LogP contribution in [0, 0.1) is 34.8 Å². The highest BCUT2D eigenvalue weighted by Gasteiger charge is 2.54. The van der Waals surface area contributed by atoms with Crippen molar-refractivity contribution in [2.75, 3.05) is 57.1 Å². The molecule has 4 aromatic rings. The van der Waals surface area contributed by atoms with Gasteiger partial charge in [0.05, 0.1) is 38.9 Å². The van der Waals surface area contributed by atoms with Gasteiger partial charge in [0.1, 0.15) is 47.0 Å². The van der Waals surface area contributed by atoms with Gasteiger partial charge in [0.15, 0.2) is 11.6 Å². The number of carbonyl (C=O) groups excluding carboxylic acids is 1. The van der Waals surface area contributed by atoms with E-state index < -0.39 is 23.3 Å². The second-order valence-electron chi connectivity index (χ2n) is 15.5. The molecule has 10 rings (SSSR count). The lowest BCUT2D eigenvalue weighted by Crippen LogP contribution is -2.44. The molecule has 3 N–H and O–H groups in total. The molecule has 16 heteroatoms. The molecule has 5 aliphatic heterocycles. The van der Waals surface area contributed by atoms with E-state index in [4.69, 9.17) is 31.8 Å². The number of halogens is 4. The van der Waals surface area contributed by atoms with Crippen molar-refractivity contribution in [2.45, 2.75) is 61.9 Å². The third kappa shape index (κ3) is 5.08. The number of thiophene rings is 1. The van der Waals surface area contributed by atoms with Gasteiger partial charge in [0.2, 0.25) is 5.91 Å². The van der Waals surface area contributed by atoms with Gasteiger partial charge in [-0.15, -0.1) is 11.3 Å². The number of aromatic nitrogens is 2. The molecule has 2 aromatic heterocycles. The maximum Gasteiger partial charge on any atom is 0.319 e. The van der Waals surface area contributed by atoms with Crippen LogP contribution in [0.2, 0.25) is 5.02 Å². The van der Waals surface area contributed by atoms with Crippen molar-refractivity contribution in [1.82, 2.24) is 25.1 Å². The van der Waals surface area contributed by atoms with Crippen LogP contribution in [0.1, 0.15) is 37.7 Å². The summed E-state index contributed by atoms with van der Waals surface area (Å²) in [5.41, 5.74) is 5.54. The first-order valence-electron chi connectivity index (χ1n) is 18.1. The Labute approximate surface area is 311 Å². The number of rotatable bonds is 6. The minimum atomic E-state index is -0.967. The Bertz CT molecular complexity index is 2280. The number of amides is 1. The Morgan fingerprint density at radius 3 is 2.85 bits per heavy atom. The molecule has 5 fully saturated rings. The monoisotopic (exact) mass is 764 g/mol. The summed E-state index contributed by atoms with van der Waals surface area (Å²) in [5, 5.41) is 13.8. The first-order valence-corrected chi connectivity index (χ1v) is 19.3. The summed E-state index contributed by atoms with van der Waals surface area (Å²) in [6.45, 7) is 2.27. The highest BCUT2D eigenvalue weighted by atomic mass is 35.5. The van der Waals surface area contributed by atoms with E-state index in [1.807, 2.05) is 22.9 Å². The van der Waals surface area contributed by atoms with Gasteiger partial charge >= 0.3 is 6.01 Å². The summed E-state index contributed by atoms with van der Waals surface area (Å²) in [6, 6.07) is 4.33. The number of nitrogens with zero attached hydrogens (tertiary/aromatic N) is 6. The molecule has 11 nitrogen and oxygen atoms in total. The van der Waals surface area contributed by atoms with Crippen LogP contribution >= 0.6 is 22.9 Å². The summed E-state index contributed by atoms with van der Waals surface area (Å²) >= 11 is 8.05. The van der Waals surface area contributed by atoms with Crippen LogP contribution in [-0.4, -0.2) is 102 Å². The zero-order chi connectivity index (χ0) is 36.5. The second kappa shape index (κ2) is 11.9. The van der Waals surface area contributed by atoms with Crippen molar-refractivity contribution in [1.29, 1.82) is 5.26 Å². The van der Waals surface area contributed by atoms with Gasteiger partial charge in [-0.05, 0) is 49.8 Å². The van der Waals surface area contributed by atoms with Crippen molar-refractivity contribution in [3.05, 3.63) is 34.4 Å². The number of nitrogen functional groups attached to an aromatic ring is 1. The number of fused-ring (bicyclic) bond motifs is 3. The topological polar surface area (TPSA) is 143 Å². The van der Waals surface area contributed by atoms with E-state index in [9.17, 15) is 14.4 Å². The Hall–Kier alpha value is -4.10. The Balaban J connectivity index is 1.11. The van der Waals surface area contributed by atoms with E-state index in [0.29, 0.717) is 37.8 Å². The largest absolute Gasteiger partial charge is 0.491 e. The van der Waals surface area contributed by atoms with Crippen molar-refractivity contribution in [3.8, 4) is 29.0 Å². The number of likely N-dealkylation sites (tertiary alicyclic amines) is 1. The maximum absolute atomic E-state index is 17.4. The minimum absolute atomic E-state index is 0.0153. The number of likely N-dealkylation sites (N-methyl/N-ethyl adjacent to an activating group) is 1. The summed E-state index contributed by atoms with van der Waals surface area (Å²) in [6.07, 6.45) is 3.32. The predicted molar refractivity (Wildman–Crippen MR) is 194 cm³/mol. The zero-order valence-electron chi connectivity index (χ0n) is 28.8. The molecular formula is C37H36ClF3N8O3S. The van der Waals surface area contributed by atoms with Gasteiger partial charge in [-0.3, -0.25) is 15.0 Å². The van der Waals surface area contributed by atoms with Gasteiger partial charge in [-0.2, -0.15) is 15.2 Å². The number of anilines is 2. The van der Waals surface area contributed by atoms with Crippen molar-refractivity contribution in [3.63, 3.8) is 0 Å². The Kier molecular flexibility index (Phi) is 7.55. The third-order valence-electron chi connectivity index (χ3n) is 12.4. The predicted octanol–water partition coefficient (Wildman–Crippen LogP) is 5.26. The number of ether oxygens (including phenoxy) is 2. The summed E-state index contributed by atoms with van der Waals surface area (Å²) < 4.78 is 60.1. The lowest BCUT2D eigenvalue weighted by Gasteiger charge is -2.34. The van der Waals surface area contributed by atoms with Gasteiger partial charge in [0, 0.05) is 56.0 Å². The lowest BCUT2D eigenvalue weighted by molar-refractivity contribution is -0.129. The fourth-order valence-corrected chi connectivity index (χ4v) is 10.8. The molecule has 7 heterocycles. The molecule has 0 radical (unpaired) electrons. The summed E-state index contributed by atoms with van der Waals surface area (Å²) in [5.74, 6) is -0.526. The van der Waals surface area contributed by atoms with Gasteiger partial charge in [-0.1, -0.05) is 17.7 Å². The fourth-order valence-electron chi connectivity index (χ4n) is 9.50. The summed E-state index contributed by atoms with van der Waals surface area (Å²) in [7, 11) is 1.85. The molecule has 2 aromatic carbocycles. The molecule has 6 atom stereocenters. The van der Waals surface area contributed by atoms with E-state index in [1.165, 1.54) is 12.1 Å². The lowest BCUT2D eigenvalue weighted by atomic mass is 9.95. The molecule has 0 bridgehead atoms. The smallest absolute Gasteiger partial charge is 0.319 e. The number of nitrogens with one attached hydrogen (secondary N) is 1. The normalized spacial score (nSPS) is 29.2. The first kappa shape index (κ1) is 33.5. The maximum atomic E-state index is 17.4. The number of alkyl halides is 1. The molecule has 6 aliphatic rings. The average Bonchev–Trinajstić information content (AvgIpc) is 3.99. The quantitative estimate of drug-likeness (QED) is 0.250. The van der Waals surface area contributed by atoms with Crippen LogP contribution in [0.4, 0.5) is 24.0 Å². The van der Waals surface area contributed by atoms with Crippen LogP contribution in [0.3, 0.4) is 0 Å². The number of hydrogen-bond acceptors (Lipinski definition) is 11.